The molecule has 0 aliphatic heterocycles. The fourth-order valence-electron chi connectivity index (χ4n) is 1.75. The zero-order chi connectivity index (χ0) is 11.1. The summed E-state index contributed by atoms with van der Waals surface area (Å²) in [4.78, 5) is 8.63. The zero-order valence-electron chi connectivity index (χ0n) is 8.11. The molecule has 0 atom stereocenters. The minimum atomic E-state index is 0.434. The Balaban J connectivity index is 2.59. The van der Waals surface area contributed by atoms with Crippen LogP contribution in [0.5, 0.6) is 0 Å². The monoisotopic (exact) mass is 248 g/mol. The quantitative estimate of drug-likeness (QED) is 0.443. The van der Waals surface area contributed by atoms with E-state index < -0.39 is 0 Å². The van der Waals surface area contributed by atoms with Crippen molar-refractivity contribution in [1.82, 2.24) is 9.97 Å². The van der Waals surface area contributed by atoms with E-state index in [4.69, 9.17) is 23.2 Å². The van der Waals surface area contributed by atoms with Gasteiger partial charge in [0.25, 0.3) is 0 Å². The van der Waals surface area contributed by atoms with Crippen LogP contribution in [0.2, 0.25) is 10.2 Å². The second-order valence-electron chi connectivity index (χ2n) is 3.47. The Bertz CT molecular complexity index is 695. The van der Waals surface area contributed by atoms with Crippen LogP contribution in [0.3, 0.4) is 0 Å². The molecule has 0 saturated carbocycles. The molecule has 1 aromatic carbocycles. The standard InChI is InChI=1S/C12H6Cl2N2/c13-7-5-9-11(15-6-7)8-3-1-2-4-10(8)16-12(9)14/h1-6H. The van der Waals surface area contributed by atoms with Crippen molar-refractivity contribution in [1.29, 1.82) is 0 Å². The van der Waals surface area contributed by atoms with Crippen LogP contribution in [0.25, 0.3) is 21.8 Å². The summed E-state index contributed by atoms with van der Waals surface area (Å²) in [5.41, 5.74) is 1.68. The number of rotatable bonds is 0. The van der Waals surface area contributed by atoms with E-state index in [1.54, 1.807) is 12.3 Å². The van der Waals surface area contributed by atoms with Crippen molar-refractivity contribution >= 4 is 45.0 Å². The SMILES string of the molecule is Clc1cnc2c(c1)c(Cl)nc1ccccc12. The molecule has 4 heteroatoms. The molecule has 0 amide bonds. The Kier molecular flexibility index (Phi) is 2.20. The molecule has 0 N–H and O–H groups in total. The van der Waals surface area contributed by atoms with Crippen molar-refractivity contribution in [3.05, 3.63) is 46.7 Å². The first-order valence-electron chi connectivity index (χ1n) is 4.75. The van der Waals surface area contributed by atoms with Crippen molar-refractivity contribution in [3.63, 3.8) is 0 Å². The van der Waals surface area contributed by atoms with Gasteiger partial charge in [-0.15, -0.1) is 0 Å². The normalized spacial score (nSPS) is 11.1. The van der Waals surface area contributed by atoms with Crippen molar-refractivity contribution < 1.29 is 0 Å². The maximum Gasteiger partial charge on any atom is 0.139 e. The molecule has 0 spiro atoms. The van der Waals surface area contributed by atoms with Crippen LogP contribution in [0.4, 0.5) is 0 Å². The lowest BCUT2D eigenvalue weighted by Crippen LogP contribution is -1.87. The Labute approximate surface area is 102 Å². The Morgan fingerprint density at radius 2 is 1.81 bits per heavy atom. The summed E-state index contributed by atoms with van der Waals surface area (Å²) in [6, 6.07) is 9.55. The highest BCUT2D eigenvalue weighted by Gasteiger charge is 2.07. The third-order valence-electron chi connectivity index (χ3n) is 2.45. The predicted octanol–water partition coefficient (Wildman–Crippen LogP) is 4.09. The van der Waals surface area contributed by atoms with Gasteiger partial charge in [-0.25, -0.2) is 4.98 Å². The molecule has 0 saturated heterocycles. The van der Waals surface area contributed by atoms with Crippen LogP contribution >= 0.6 is 23.2 Å². The summed E-state index contributed by atoms with van der Waals surface area (Å²) in [7, 11) is 0. The lowest BCUT2D eigenvalue weighted by atomic mass is 10.1. The average molecular weight is 249 g/mol. The van der Waals surface area contributed by atoms with Gasteiger partial charge in [0.15, 0.2) is 0 Å². The summed E-state index contributed by atoms with van der Waals surface area (Å²) in [6.07, 6.45) is 1.62. The Hall–Kier alpha value is -1.38. The van der Waals surface area contributed by atoms with Gasteiger partial charge < -0.3 is 0 Å². The van der Waals surface area contributed by atoms with Crippen molar-refractivity contribution in [2.75, 3.05) is 0 Å². The second-order valence-corrected chi connectivity index (χ2v) is 4.26. The van der Waals surface area contributed by atoms with Gasteiger partial charge in [-0.1, -0.05) is 41.4 Å². The van der Waals surface area contributed by atoms with Gasteiger partial charge in [-0.05, 0) is 12.1 Å². The molecule has 0 radical (unpaired) electrons. The molecule has 0 unspecified atom stereocenters. The minimum absolute atomic E-state index is 0.434. The molecular weight excluding hydrogens is 243 g/mol. The van der Waals surface area contributed by atoms with Crippen LogP contribution in [0.1, 0.15) is 0 Å². The van der Waals surface area contributed by atoms with Gasteiger partial charge in [-0.2, -0.15) is 0 Å². The Morgan fingerprint density at radius 1 is 1.00 bits per heavy atom. The summed E-state index contributed by atoms with van der Waals surface area (Å²) in [6.45, 7) is 0. The van der Waals surface area contributed by atoms with Crippen LogP contribution in [-0.2, 0) is 0 Å². The number of halogens is 2. The highest BCUT2D eigenvalue weighted by molar-refractivity contribution is 6.36. The molecule has 2 nitrogen and oxygen atoms in total. The number of nitrogens with zero attached hydrogens (tertiary/aromatic N) is 2. The first-order chi connectivity index (χ1) is 7.75. The molecule has 2 heterocycles. The van der Waals surface area contributed by atoms with Crippen LogP contribution in [0.15, 0.2) is 36.5 Å². The Morgan fingerprint density at radius 3 is 2.69 bits per heavy atom. The number of hydrogen-bond acceptors (Lipinski definition) is 2. The van der Waals surface area contributed by atoms with Crippen molar-refractivity contribution in [2.24, 2.45) is 0 Å². The van der Waals surface area contributed by atoms with Crippen LogP contribution < -0.4 is 0 Å². The van der Waals surface area contributed by atoms with Gasteiger partial charge >= 0.3 is 0 Å². The van der Waals surface area contributed by atoms with Gasteiger partial charge in [0.05, 0.1) is 16.1 Å². The van der Waals surface area contributed by atoms with Crippen LogP contribution in [0, 0.1) is 0 Å². The van der Waals surface area contributed by atoms with Gasteiger partial charge in [0, 0.05) is 17.0 Å². The van der Waals surface area contributed by atoms with E-state index in [-0.39, 0.29) is 0 Å². The molecule has 2 aromatic heterocycles. The predicted molar refractivity (Wildman–Crippen MR) is 67.1 cm³/mol. The number of fused-ring (bicyclic) bond motifs is 3. The lowest BCUT2D eigenvalue weighted by molar-refractivity contribution is 1.38. The number of para-hydroxylation sites is 1. The third-order valence-corrected chi connectivity index (χ3v) is 2.95. The lowest BCUT2D eigenvalue weighted by Gasteiger charge is -2.04. The fraction of sp³-hybridized carbons (Fsp3) is 0. The minimum Gasteiger partial charge on any atom is -0.254 e. The highest BCUT2D eigenvalue weighted by Crippen LogP contribution is 2.28. The molecule has 3 aromatic rings. The second kappa shape index (κ2) is 3.58. The van der Waals surface area contributed by atoms with Gasteiger partial charge in [-0.3, -0.25) is 4.98 Å². The highest BCUT2D eigenvalue weighted by atomic mass is 35.5. The largest absolute Gasteiger partial charge is 0.254 e. The van der Waals surface area contributed by atoms with E-state index >= 15 is 0 Å². The van der Waals surface area contributed by atoms with E-state index in [1.165, 1.54) is 0 Å². The van der Waals surface area contributed by atoms with Gasteiger partial charge in [0.2, 0.25) is 0 Å². The maximum absolute atomic E-state index is 6.10. The first-order valence-corrected chi connectivity index (χ1v) is 5.51. The number of hydrogen-bond donors (Lipinski definition) is 0. The van der Waals surface area contributed by atoms with Crippen LogP contribution in [-0.4, -0.2) is 9.97 Å². The zero-order valence-corrected chi connectivity index (χ0v) is 9.63. The smallest absolute Gasteiger partial charge is 0.139 e. The molecule has 16 heavy (non-hydrogen) atoms. The number of benzene rings is 1. The van der Waals surface area contributed by atoms with E-state index in [0.29, 0.717) is 10.2 Å². The average Bonchev–Trinajstić information content (AvgIpc) is 2.29. The van der Waals surface area contributed by atoms with E-state index in [2.05, 4.69) is 9.97 Å². The maximum atomic E-state index is 6.10. The van der Waals surface area contributed by atoms with E-state index in [0.717, 1.165) is 21.8 Å². The number of pyridine rings is 2. The third kappa shape index (κ3) is 1.42. The molecule has 78 valence electrons. The summed E-state index contributed by atoms with van der Waals surface area (Å²) in [5.74, 6) is 0. The summed E-state index contributed by atoms with van der Waals surface area (Å²) < 4.78 is 0. The molecule has 0 aliphatic rings. The molecule has 0 bridgehead atoms. The first kappa shape index (κ1) is 9.82. The topological polar surface area (TPSA) is 25.8 Å². The molecule has 0 aliphatic carbocycles. The molecule has 3 rings (SSSR count). The van der Waals surface area contributed by atoms with E-state index in [1.807, 2.05) is 24.3 Å². The van der Waals surface area contributed by atoms with E-state index in [9.17, 15) is 0 Å². The summed E-state index contributed by atoms with van der Waals surface area (Å²) >= 11 is 12.0. The summed E-state index contributed by atoms with van der Waals surface area (Å²) in [5, 5.41) is 2.77. The number of aromatic nitrogens is 2. The molecule has 0 fully saturated rings. The molecular formula is C12H6Cl2N2. The van der Waals surface area contributed by atoms with Crippen molar-refractivity contribution in [2.45, 2.75) is 0 Å². The van der Waals surface area contributed by atoms with Crippen molar-refractivity contribution in [3.8, 4) is 0 Å². The fourth-order valence-corrected chi connectivity index (χ4v) is 2.14. The van der Waals surface area contributed by atoms with Gasteiger partial charge in [0.1, 0.15) is 5.15 Å².